The monoisotopic (exact) mass is 267 g/mol. The van der Waals surface area contributed by atoms with E-state index in [-0.39, 0.29) is 5.78 Å². The molecule has 0 aromatic carbocycles. The van der Waals surface area contributed by atoms with Gasteiger partial charge in [-0.05, 0) is 13.0 Å². The number of aryl methyl sites for hydroxylation is 1. The predicted molar refractivity (Wildman–Crippen MR) is 75.8 cm³/mol. The third-order valence-electron chi connectivity index (χ3n) is 3.43. The molecule has 2 heterocycles. The van der Waals surface area contributed by atoms with Crippen molar-refractivity contribution >= 4 is 22.3 Å². The molecule has 0 N–H and O–H groups in total. The first-order chi connectivity index (χ1) is 8.65. The van der Waals surface area contributed by atoms with Crippen LogP contribution in [0.3, 0.4) is 0 Å². The number of ketones is 1. The Morgan fingerprint density at radius 1 is 1.28 bits per heavy atom. The molecule has 0 amide bonds. The van der Waals surface area contributed by atoms with Crippen molar-refractivity contribution in [2.24, 2.45) is 0 Å². The van der Waals surface area contributed by atoms with Gasteiger partial charge >= 0.3 is 0 Å². The van der Waals surface area contributed by atoms with Crippen LogP contribution in [0.5, 0.6) is 0 Å². The standard InChI is InChI=1S/C13H21N3OS/c1-4-11-12(10(3)17)18-13(14-11)16-8-6-15(5-2)7-9-16/h4-9H2,1-3H3. The molecule has 1 aliphatic rings. The number of hydrogen-bond donors (Lipinski definition) is 0. The van der Waals surface area contributed by atoms with Gasteiger partial charge in [0.25, 0.3) is 0 Å². The quantitative estimate of drug-likeness (QED) is 0.782. The number of carbonyl (C=O) groups excluding carboxylic acids is 1. The van der Waals surface area contributed by atoms with Crippen LogP contribution in [0.1, 0.15) is 36.1 Å². The van der Waals surface area contributed by atoms with E-state index in [9.17, 15) is 4.79 Å². The van der Waals surface area contributed by atoms with E-state index >= 15 is 0 Å². The topological polar surface area (TPSA) is 36.4 Å². The molecule has 2 rings (SSSR count). The average Bonchev–Trinajstić information content (AvgIpc) is 2.83. The van der Waals surface area contributed by atoms with Crippen molar-refractivity contribution in [1.82, 2.24) is 9.88 Å². The zero-order valence-electron chi connectivity index (χ0n) is 11.4. The van der Waals surface area contributed by atoms with Crippen LogP contribution >= 0.6 is 11.3 Å². The Hall–Kier alpha value is -0.940. The summed E-state index contributed by atoms with van der Waals surface area (Å²) in [5, 5.41) is 1.02. The van der Waals surface area contributed by atoms with Crippen LogP contribution < -0.4 is 4.90 Å². The second-order valence-electron chi connectivity index (χ2n) is 4.60. The van der Waals surface area contributed by atoms with Gasteiger partial charge in [-0.1, -0.05) is 25.2 Å². The average molecular weight is 267 g/mol. The smallest absolute Gasteiger partial charge is 0.186 e. The highest BCUT2D eigenvalue weighted by molar-refractivity contribution is 7.17. The summed E-state index contributed by atoms with van der Waals surface area (Å²) in [6, 6.07) is 0. The Morgan fingerprint density at radius 3 is 2.39 bits per heavy atom. The number of nitrogens with zero attached hydrogens (tertiary/aromatic N) is 3. The van der Waals surface area contributed by atoms with Crippen LogP contribution in [0.15, 0.2) is 0 Å². The van der Waals surface area contributed by atoms with Crippen LogP contribution in [0.4, 0.5) is 5.13 Å². The van der Waals surface area contributed by atoms with Gasteiger partial charge in [0.15, 0.2) is 10.9 Å². The van der Waals surface area contributed by atoms with Gasteiger partial charge in [-0.25, -0.2) is 4.98 Å². The van der Waals surface area contributed by atoms with Crippen LogP contribution in [0.2, 0.25) is 0 Å². The highest BCUT2D eigenvalue weighted by Crippen LogP contribution is 2.28. The van der Waals surface area contributed by atoms with Crippen molar-refractivity contribution in [2.75, 3.05) is 37.6 Å². The molecule has 5 heteroatoms. The predicted octanol–water partition coefficient (Wildman–Crippen LogP) is 2.05. The molecule has 0 bridgehead atoms. The zero-order valence-corrected chi connectivity index (χ0v) is 12.2. The van der Waals surface area contributed by atoms with Gasteiger partial charge in [-0.3, -0.25) is 4.79 Å². The molecule has 4 nitrogen and oxygen atoms in total. The number of carbonyl (C=O) groups is 1. The SMILES string of the molecule is CCc1nc(N2CCN(CC)CC2)sc1C(C)=O. The maximum atomic E-state index is 11.6. The van der Waals surface area contributed by atoms with Crippen LogP contribution in [-0.4, -0.2) is 48.4 Å². The first-order valence-electron chi connectivity index (χ1n) is 6.63. The molecule has 1 aromatic rings. The summed E-state index contributed by atoms with van der Waals surface area (Å²) in [5.74, 6) is 0.141. The minimum atomic E-state index is 0.141. The Bertz CT molecular complexity index is 422. The second kappa shape index (κ2) is 5.80. The molecular weight excluding hydrogens is 246 g/mol. The molecule has 0 unspecified atom stereocenters. The molecule has 0 saturated carbocycles. The van der Waals surface area contributed by atoms with E-state index in [1.165, 1.54) is 0 Å². The minimum absolute atomic E-state index is 0.141. The van der Waals surface area contributed by atoms with E-state index in [4.69, 9.17) is 0 Å². The molecular formula is C13H21N3OS. The maximum Gasteiger partial charge on any atom is 0.186 e. The number of Topliss-reactive ketones (excluding diaryl/α,β-unsaturated/α-hetero) is 1. The summed E-state index contributed by atoms with van der Waals surface area (Å²) in [7, 11) is 0. The first kappa shape index (κ1) is 13.5. The van der Waals surface area contributed by atoms with E-state index in [1.54, 1.807) is 18.3 Å². The number of piperazine rings is 1. The number of rotatable bonds is 4. The molecule has 1 aliphatic heterocycles. The van der Waals surface area contributed by atoms with Crippen molar-refractivity contribution in [2.45, 2.75) is 27.2 Å². The van der Waals surface area contributed by atoms with E-state index in [2.05, 4.69) is 28.6 Å². The second-order valence-corrected chi connectivity index (χ2v) is 5.58. The summed E-state index contributed by atoms with van der Waals surface area (Å²) in [6.07, 6.45) is 0.834. The minimum Gasteiger partial charge on any atom is -0.346 e. The Balaban J connectivity index is 2.12. The Morgan fingerprint density at radius 2 is 1.94 bits per heavy atom. The lowest BCUT2D eigenvalue weighted by Gasteiger charge is -2.33. The maximum absolute atomic E-state index is 11.6. The lowest BCUT2D eigenvalue weighted by atomic mass is 10.2. The molecule has 1 saturated heterocycles. The summed E-state index contributed by atoms with van der Waals surface area (Å²) in [4.78, 5) is 21.8. The molecule has 18 heavy (non-hydrogen) atoms. The molecule has 100 valence electrons. The zero-order chi connectivity index (χ0) is 13.1. The van der Waals surface area contributed by atoms with Gasteiger partial charge in [0.2, 0.25) is 0 Å². The number of hydrogen-bond acceptors (Lipinski definition) is 5. The van der Waals surface area contributed by atoms with Crippen molar-refractivity contribution in [1.29, 1.82) is 0 Å². The van der Waals surface area contributed by atoms with Crippen LogP contribution in [0, 0.1) is 0 Å². The molecule has 0 aliphatic carbocycles. The Kier molecular flexibility index (Phi) is 4.35. The molecule has 0 radical (unpaired) electrons. The fourth-order valence-electron chi connectivity index (χ4n) is 2.24. The molecule has 1 fully saturated rings. The van der Waals surface area contributed by atoms with Gasteiger partial charge in [0.1, 0.15) is 0 Å². The normalized spacial score (nSPS) is 17.2. The molecule has 0 atom stereocenters. The highest BCUT2D eigenvalue weighted by atomic mass is 32.1. The van der Waals surface area contributed by atoms with Gasteiger partial charge in [0, 0.05) is 33.1 Å². The van der Waals surface area contributed by atoms with E-state index in [1.807, 2.05) is 0 Å². The van der Waals surface area contributed by atoms with Crippen molar-refractivity contribution in [3.8, 4) is 0 Å². The number of likely N-dealkylation sites (N-methyl/N-ethyl adjacent to an activating group) is 1. The summed E-state index contributed by atoms with van der Waals surface area (Å²) in [5.41, 5.74) is 0.959. The Labute approximate surface area is 113 Å². The first-order valence-corrected chi connectivity index (χ1v) is 7.45. The van der Waals surface area contributed by atoms with Crippen LogP contribution in [0.25, 0.3) is 0 Å². The van der Waals surface area contributed by atoms with Gasteiger partial charge in [-0.2, -0.15) is 0 Å². The van der Waals surface area contributed by atoms with E-state index < -0.39 is 0 Å². The third-order valence-corrected chi connectivity index (χ3v) is 4.69. The number of thiazole rings is 1. The summed E-state index contributed by atoms with van der Waals surface area (Å²) >= 11 is 1.55. The summed E-state index contributed by atoms with van der Waals surface area (Å²) < 4.78 is 0. The van der Waals surface area contributed by atoms with Crippen molar-refractivity contribution < 1.29 is 4.79 Å². The van der Waals surface area contributed by atoms with Crippen molar-refractivity contribution in [3.05, 3.63) is 10.6 Å². The van der Waals surface area contributed by atoms with Gasteiger partial charge in [0.05, 0.1) is 10.6 Å². The van der Waals surface area contributed by atoms with E-state index in [0.717, 1.165) is 54.8 Å². The summed E-state index contributed by atoms with van der Waals surface area (Å²) in [6.45, 7) is 11.2. The lowest BCUT2D eigenvalue weighted by molar-refractivity contribution is 0.102. The highest BCUT2D eigenvalue weighted by Gasteiger charge is 2.21. The van der Waals surface area contributed by atoms with Crippen molar-refractivity contribution in [3.63, 3.8) is 0 Å². The van der Waals surface area contributed by atoms with Crippen LogP contribution in [-0.2, 0) is 6.42 Å². The fourth-order valence-corrected chi connectivity index (χ4v) is 3.35. The third kappa shape index (κ3) is 2.72. The molecule has 0 spiro atoms. The van der Waals surface area contributed by atoms with Gasteiger partial charge in [-0.15, -0.1) is 0 Å². The van der Waals surface area contributed by atoms with Gasteiger partial charge < -0.3 is 9.80 Å². The number of anilines is 1. The largest absolute Gasteiger partial charge is 0.346 e. The molecule has 1 aromatic heterocycles. The number of aromatic nitrogens is 1. The van der Waals surface area contributed by atoms with E-state index in [0.29, 0.717) is 0 Å². The fraction of sp³-hybridized carbons (Fsp3) is 0.692. The lowest BCUT2D eigenvalue weighted by Crippen LogP contribution is -2.46.